The molecule has 13 heteroatoms. The van der Waals surface area contributed by atoms with Crippen LogP contribution < -0.4 is 10.6 Å². The van der Waals surface area contributed by atoms with E-state index in [2.05, 4.69) is 10.6 Å². The predicted molar refractivity (Wildman–Crippen MR) is 128 cm³/mol. The summed E-state index contributed by atoms with van der Waals surface area (Å²) in [5.41, 5.74) is -2.40. The molecule has 2 fully saturated rings. The van der Waals surface area contributed by atoms with Gasteiger partial charge in [-0.25, -0.2) is 18.9 Å². The number of urea groups is 1. The summed E-state index contributed by atoms with van der Waals surface area (Å²) < 4.78 is 60.9. The van der Waals surface area contributed by atoms with E-state index in [1.807, 2.05) is 0 Å². The van der Waals surface area contributed by atoms with Crippen molar-refractivity contribution in [2.45, 2.75) is 49.5 Å². The number of carbonyl (C=O) groups excluding carboxylic acids is 4. The van der Waals surface area contributed by atoms with Crippen LogP contribution >= 0.6 is 0 Å². The Kier molecular flexibility index (Phi) is 6.27. The molecule has 0 unspecified atom stereocenters. The van der Waals surface area contributed by atoms with Gasteiger partial charge in [-0.3, -0.25) is 9.59 Å². The first-order chi connectivity index (χ1) is 18.4. The van der Waals surface area contributed by atoms with E-state index in [0.717, 1.165) is 12.1 Å². The molecule has 0 aromatic heterocycles. The van der Waals surface area contributed by atoms with Crippen LogP contribution in [0.3, 0.4) is 0 Å². The van der Waals surface area contributed by atoms with Gasteiger partial charge in [0, 0.05) is 31.3 Å². The first-order valence-electron chi connectivity index (χ1n) is 12.2. The lowest BCUT2D eigenvalue weighted by Gasteiger charge is -2.34. The minimum Gasteiger partial charge on any atom is -0.427 e. The molecule has 2 aromatic rings. The average molecular weight is 548 g/mol. The third kappa shape index (κ3) is 4.45. The molecule has 5 amide bonds. The zero-order chi connectivity index (χ0) is 28.2. The number of nitrogens with zero attached hydrogens (tertiary/aromatic N) is 2. The molecule has 206 valence electrons. The Bertz CT molecular complexity index is 1360. The number of anilines is 1. The van der Waals surface area contributed by atoms with Gasteiger partial charge in [-0.2, -0.15) is 13.2 Å². The number of hydrogen-bond acceptors (Lipinski definition) is 5. The van der Waals surface area contributed by atoms with Crippen molar-refractivity contribution in [2.75, 3.05) is 18.9 Å². The van der Waals surface area contributed by atoms with Crippen molar-refractivity contribution in [2.24, 2.45) is 0 Å². The summed E-state index contributed by atoms with van der Waals surface area (Å²) in [5.74, 6) is -2.51. The topological polar surface area (TPSA) is 108 Å². The van der Waals surface area contributed by atoms with Gasteiger partial charge >= 0.3 is 18.3 Å². The van der Waals surface area contributed by atoms with Crippen LogP contribution in [0, 0.1) is 5.82 Å². The molecular weight excluding hydrogens is 524 g/mol. The van der Waals surface area contributed by atoms with Crippen molar-refractivity contribution >= 4 is 29.6 Å². The fourth-order valence-electron chi connectivity index (χ4n) is 5.22. The van der Waals surface area contributed by atoms with Crippen molar-refractivity contribution in [3.63, 3.8) is 0 Å². The molecular formula is C26H24F4N4O5. The van der Waals surface area contributed by atoms with Gasteiger partial charge in [-0.05, 0) is 54.7 Å². The molecule has 1 atom stereocenters. The smallest absolute Gasteiger partial charge is 0.418 e. The lowest BCUT2D eigenvalue weighted by atomic mass is 9.94. The van der Waals surface area contributed by atoms with Crippen molar-refractivity contribution in [3.05, 3.63) is 65.0 Å². The van der Waals surface area contributed by atoms with Gasteiger partial charge in [-0.1, -0.05) is 18.2 Å². The van der Waals surface area contributed by atoms with E-state index in [1.165, 1.54) is 31.3 Å². The summed E-state index contributed by atoms with van der Waals surface area (Å²) in [7, 11) is 1.45. The highest BCUT2D eigenvalue weighted by atomic mass is 19.4. The largest absolute Gasteiger partial charge is 0.427 e. The van der Waals surface area contributed by atoms with Crippen LogP contribution in [-0.2, 0) is 32.9 Å². The molecule has 3 aliphatic rings. The van der Waals surface area contributed by atoms with E-state index in [1.54, 1.807) is 6.07 Å². The van der Waals surface area contributed by atoms with Crippen LogP contribution in [0.15, 0.2) is 42.5 Å². The molecule has 5 rings (SSSR count). The number of nitrogens with one attached hydrogen (secondary N) is 2. The number of alkyl halides is 3. The van der Waals surface area contributed by atoms with E-state index in [4.69, 9.17) is 4.74 Å². The number of halogens is 4. The first kappa shape index (κ1) is 26.4. The van der Waals surface area contributed by atoms with Gasteiger partial charge in [0.05, 0.1) is 0 Å². The number of fused-ring (bicyclic) bond motifs is 2. The number of ether oxygens (including phenoxy) is 1. The summed E-state index contributed by atoms with van der Waals surface area (Å²) in [5, 5.41) is 5.02. The van der Waals surface area contributed by atoms with Crippen molar-refractivity contribution < 1.29 is 41.5 Å². The molecule has 1 heterocycles. The van der Waals surface area contributed by atoms with Crippen LogP contribution in [-0.4, -0.2) is 59.0 Å². The summed E-state index contributed by atoms with van der Waals surface area (Å²) in [6.45, 7) is -1.42. The molecule has 2 N–H and O–H groups in total. The number of carbonyl (C=O) groups is 4. The second-order valence-corrected chi connectivity index (χ2v) is 9.80. The molecule has 1 saturated heterocycles. The maximum absolute atomic E-state index is 14.0. The summed E-state index contributed by atoms with van der Waals surface area (Å²) in [6, 6.07) is 8.94. The Morgan fingerprint density at radius 1 is 1.08 bits per heavy atom. The molecule has 39 heavy (non-hydrogen) atoms. The molecule has 2 aliphatic carbocycles. The van der Waals surface area contributed by atoms with Crippen LogP contribution in [0.1, 0.15) is 36.0 Å². The van der Waals surface area contributed by atoms with Gasteiger partial charge in [-0.15, -0.1) is 0 Å². The van der Waals surface area contributed by atoms with E-state index < -0.39 is 60.2 Å². The first-order valence-corrected chi connectivity index (χ1v) is 12.2. The van der Waals surface area contributed by atoms with E-state index in [0.29, 0.717) is 33.0 Å². The lowest BCUT2D eigenvalue weighted by Crippen LogP contribution is -2.54. The lowest BCUT2D eigenvalue weighted by molar-refractivity contribution is -0.202. The third-order valence-electron chi connectivity index (χ3n) is 7.46. The SMILES string of the molecule is CNC(=O)Nc1ccc2c(c1)CC[C@@]21OC(=O)N(CC(=O)N(Cc2ccc(F)cc2)C2(C(F)(F)F)CC2)C1=O. The predicted octanol–water partition coefficient (Wildman–Crippen LogP) is 3.82. The van der Waals surface area contributed by atoms with E-state index >= 15 is 0 Å². The summed E-state index contributed by atoms with van der Waals surface area (Å²) in [6.07, 6.45) is -6.13. The van der Waals surface area contributed by atoms with E-state index in [-0.39, 0.29) is 24.8 Å². The second-order valence-electron chi connectivity index (χ2n) is 9.80. The number of aryl methyl sites for hydroxylation is 1. The Balaban J connectivity index is 1.39. The quantitative estimate of drug-likeness (QED) is 0.534. The summed E-state index contributed by atoms with van der Waals surface area (Å²) >= 11 is 0. The Morgan fingerprint density at radius 2 is 1.77 bits per heavy atom. The highest BCUT2D eigenvalue weighted by Gasteiger charge is 2.68. The number of benzene rings is 2. The minimum atomic E-state index is -4.75. The fourth-order valence-corrected chi connectivity index (χ4v) is 5.22. The molecule has 1 aliphatic heterocycles. The summed E-state index contributed by atoms with van der Waals surface area (Å²) in [4.78, 5) is 52.4. The zero-order valence-electron chi connectivity index (χ0n) is 20.7. The minimum absolute atomic E-state index is 0.0762. The van der Waals surface area contributed by atoms with Gasteiger partial charge in [0.15, 0.2) is 0 Å². The van der Waals surface area contributed by atoms with Gasteiger partial charge in [0.25, 0.3) is 5.91 Å². The fraction of sp³-hybridized carbons (Fsp3) is 0.385. The number of hydrogen-bond donors (Lipinski definition) is 2. The van der Waals surface area contributed by atoms with E-state index in [9.17, 15) is 36.7 Å². The number of rotatable bonds is 6. The van der Waals surface area contributed by atoms with Crippen molar-refractivity contribution in [1.82, 2.24) is 15.1 Å². The van der Waals surface area contributed by atoms with Gasteiger partial charge in [0.1, 0.15) is 17.9 Å². The van der Waals surface area contributed by atoms with Crippen LogP contribution in [0.4, 0.5) is 32.8 Å². The molecule has 2 aromatic carbocycles. The van der Waals surface area contributed by atoms with Crippen LogP contribution in [0.2, 0.25) is 0 Å². The number of imide groups is 1. The van der Waals surface area contributed by atoms with Crippen LogP contribution in [0.25, 0.3) is 0 Å². The number of amides is 5. The Hall–Kier alpha value is -4.16. The zero-order valence-corrected chi connectivity index (χ0v) is 20.7. The monoisotopic (exact) mass is 548 g/mol. The normalized spacial score (nSPS) is 21.0. The second kappa shape index (κ2) is 9.24. The third-order valence-corrected chi connectivity index (χ3v) is 7.46. The molecule has 1 spiro atoms. The van der Waals surface area contributed by atoms with Crippen molar-refractivity contribution in [1.29, 1.82) is 0 Å². The average Bonchev–Trinajstić information content (AvgIpc) is 3.58. The highest BCUT2D eigenvalue weighted by molar-refractivity contribution is 6.06. The molecule has 0 bridgehead atoms. The van der Waals surface area contributed by atoms with Crippen molar-refractivity contribution in [3.8, 4) is 0 Å². The standard InChI is InChI=1S/C26H24F4N4O5/c1-31-22(37)32-18-6-7-19-16(12-18)8-9-25(19)21(36)33(23(38)39-25)14-20(35)34(24(10-11-24)26(28,29)30)13-15-2-4-17(27)5-3-15/h2-7,12H,8-11,13-14H2,1H3,(H2,31,32,37)/t25-/m1/s1. The molecule has 1 saturated carbocycles. The maximum Gasteiger partial charge on any atom is 0.418 e. The molecule has 9 nitrogen and oxygen atoms in total. The maximum atomic E-state index is 14.0. The van der Waals surface area contributed by atoms with Crippen LogP contribution in [0.5, 0.6) is 0 Å². The van der Waals surface area contributed by atoms with Gasteiger partial charge < -0.3 is 20.3 Å². The Labute approximate surface area is 220 Å². The van der Waals surface area contributed by atoms with Gasteiger partial charge in [0.2, 0.25) is 11.5 Å². The molecule has 0 radical (unpaired) electrons. The highest BCUT2D eigenvalue weighted by Crippen LogP contribution is 2.54. The Morgan fingerprint density at radius 3 is 2.38 bits per heavy atom.